The Morgan fingerprint density at radius 2 is 1.97 bits per heavy atom. The molecule has 1 N–H and O–H groups in total. The molecule has 2 aromatic heterocycles. The number of carbonyl (C=O) groups is 1. The van der Waals surface area contributed by atoms with Crippen molar-refractivity contribution in [2.24, 2.45) is 0 Å². The summed E-state index contributed by atoms with van der Waals surface area (Å²) in [4.78, 5) is 27.1. The van der Waals surface area contributed by atoms with Gasteiger partial charge in [0.2, 0.25) is 5.95 Å². The number of amides is 1. The molecule has 0 fully saturated rings. The minimum absolute atomic E-state index is 0.0225. The lowest BCUT2D eigenvalue weighted by Crippen LogP contribution is -2.12. The number of benzene rings is 2. The largest absolute Gasteiger partial charge is 0.486 e. The zero-order chi connectivity index (χ0) is 23.4. The van der Waals surface area contributed by atoms with Gasteiger partial charge in [-0.15, -0.1) is 5.10 Å². The molecule has 0 bridgehead atoms. The topological polar surface area (TPSA) is 125 Å². The van der Waals surface area contributed by atoms with Crippen LogP contribution < -0.4 is 10.1 Å². The van der Waals surface area contributed by atoms with E-state index in [0.29, 0.717) is 23.6 Å². The van der Waals surface area contributed by atoms with Crippen LogP contribution in [-0.4, -0.2) is 25.6 Å². The predicted molar refractivity (Wildman–Crippen MR) is 119 cm³/mol. The minimum Gasteiger partial charge on any atom is -0.486 e. The van der Waals surface area contributed by atoms with Crippen LogP contribution in [0.15, 0.2) is 65.3 Å². The molecule has 1 amide bonds. The van der Waals surface area contributed by atoms with E-state index in [9.17, 15) is 14.9 Å². The molecule has 0 aliphatic carbocycles. The Bertz CT molecular complexity index is 1310. The summed E-state index contributed by atoms with van der Waals surface area (Å²) in [5, 5.41) is 17.8. The number of nitro benzene ring substituents is 1. The molecular formula is C23H21N5O5. The summed E-state index contributed by atoms with van der Waals surface area (Å²) in [5.74, 6) is 0.659. The first kappa shape index (κ1) is 21.8. The number of carbonyl (C=O) groups excluding carboxylic acids is 1. The standard InChI is InChI=1S/C23H21N5O5/c1-15-5-3-4-6-17(15)12-27-14-24-23(26-27)25-22(29)21-10-8-19(33-21)13-32-18-7-9-20(28(30)31)16(2)11-18/h3-11,14H,12-13H2,1-2H3,(H,25,26,29). The summed E-state index contributed by atoms with van der Waals surface area (Å²) in [6.45, 7) is 4.26. The number of ether oxygens (including phenoxy) is 1. The molecule has 0 saturated carbocycles. The van der Waals surface area contributed by atoms with Crippen LogP contribution in [-0.2, 0) is 13.2 Å². The minimum atomic E-state index is -0.485. The molecule has 2 aromatic carbocycles. The van der Waals surface area contributed by atoms with E-state index in [2.05, 4.69) is 15.4 Å². The van der Waals surface area contributed by atoms with Gasteiger partial charge in [0.05, 0.1) is 11.5 Å². The molecule has 168 valence electrons. The maximum Gasteiger partial charge on any atom is 0.293 e. The number of hydrogen-bond donors (Lipinski definition) is 1. The molecule has 10 heteroatoms. The monoisotopic (exact) mass is 447 g/mol. The summed E-state index contributed by atoms with van der Waals surface area (Å²) < 4.78 is 12.8. The van der Waals surface area contributed by atoms with Crippen LogP contribution >= 0.6 is 0 Å². The highest BCUT2D eigenvalue weighted by Gasteiger charge is 2.15. The summed E-state index contributed by atoms with van der Waals surface area (Å²) in [5.41, 5.74) is 2.77. The van der Waals surface area contributed by atoms with Gasteiger partial charge in [0.15, 0.2) is 5.76 Å². The zero-order valence-electron chi connectivity index (χ0n) is 18.0. The maximum atomic E-state index is 12.5. The molecule has 4 aromatic rings. The van der Waals surface area contributed by atoms with E-state index in [-0.39, 0.29) is 24.0 Å². The van der Waals surface area contributed by atoms with Crippen LogP contribution in [0.2, 0.25) is 0 Å². The van der Waals surface area contributed by atoms with Gasteiger partial charge in [0.1, 0.15) is 24.4 Å². The van der Waals surface area contributed by atoms with Crippen molar-refractivity contribution < 1.29 is 18.9 Å². The predicted octanol–water partition coefficient (Wildman–Crippen LogP) is 4.28. The van der Waals surface area contributed by atoms with E-state index in [1.807, 2.05) is 31.2 Å². The number of furan rings is 1. The average Bonchev–Trinajstić information content (AvgIpc) is 3.43. The van der Waals surface area contributed by atoms with Gasteiger partial charge in [-0.2, -0.15) is 0 Å². The molecule has 4 rings (SSSR count). The number of nitrogens with zero attached hydrogens (tertiary/aromatic N) is 4. The van der Waals surface area contributed by atoms with Crippen molar-refractivity contribution in [2.75, 3.05) is 5.32 Å². The van der Waals surface area contributed by atoms with Gasteiger partial charge in [-0.3, -0.25) is 20.2 Å². The second-order valence-corrected chi connectivity index (χ2v) is 7.41. The fourth-order valence-corrected chi connectivity index (χ4v) is 3.21. The molecule has 0 aliphatic heterocycles. The van der Waals surface area contributed by atoms with Crippen molar-refractivity contribution in [3.05, 3.63) is 99.2 Å². The molecular weight excluding hydrogens is 426 g/mol. The van der Waals surface area contributed by atoms with E-state index >= 15 is 0 Å². The molecule has 0 atom stereocenters. The maximum absolute atomic E-state index is 12.5. The number of anilines is 1. The molecule has 0 unspecified atom stereocenters. The Hall–Kier alpha value is -4.47. The molecule has 10 nitrogen and oxygen atoms in total. The van der Waals surface area contributed by atoms with Crippen molar-refractivity contribution in [1.82, 2.24) is 14.8 Å². The van der Waals surface area contributed by atoms with Gasteiger partial charge in [-0.05, 0) is 49.2 Å². The Morgan fingerprint density at radius 3 is 2.73 bits per heavy atom. The molecule has 33 heavy (non-hydrogen) atoms. The van der Waals surface area contributed by atoms with Crippen molar-refractivity contribution in [2.45, 2.75) is 27.0 Å². The first-order chi connectivity index (χ1) is 15.9. The molecule has 2 heterocycles. The number of aryl methyl sites for hydroxylation is 2. The van der Waals surface area contributed by atoms with Crippen LogP contribution in [0.25, 0.3) is 0 Å². The van der Waals surface area contributed by atoms with Crippen LogP contribution in [0.5, 0.6) is 5.75 Å². The van der Waals surface area contributed by atoms with Gasteiger partial charge in [-0.25, -0.2) is 9.67 Å². The quantitative estimate of drug-likeness (QED) is 0.316. The summed E-state index contributed by atoms with van der Waals surface area (Å²) >= 11 is 0. The van der Waals surface area contributed by atoms with Gasteiger partial charge in [-0.1, -0.05) is 24.3 Å². The fourth-order valence-electron chi connectivity index (χ4n) is 3.21. The SMILES string of the molecule is Cc1ccccc1Cn1cnc(NC(=O)c2ccc(COc3ccc([N+](=O)[O-])c(C)c3)o2)n1. The van der Waals surface area contributed by atoms with Crippen molar-refractivity contribution >= 4 is 17.5 Å². The van der Waals surface area contributed by atoms with Gasteiger partial charge in [0.25, 0.3) is 11.6 Å². The van der Waals surface area contributed by atoms with Gasteiger partial charge >= 0.3 is 0 Å². The third kappa shape index (κ3) is 5.24. The second-order valence-electron chi connectivity index (χ2n) is 7.41. The van der Waals surface area contributed by atoms with E-state index in [1.54, 1.807) is 30.1 Å². The Kier molecular flexibility index (Phi) is 6.16. The third-order valence-corrected chi connectivity index (χ3v) is 4.99. The number of nitro groups is 1. The van der Waals surface area contributed by atoms with E-state index in [1.165, 1.54) is 18.2 Å². The smallest absolute Gasteiger partial charge is 0.293 e. The Morgan fingerprint density at radius 1 is 1.15 bits per heavy atom. The van der Waals surface area contributed by atoms with E-state index < -0.39 is 10.8 Å². The molecule has 0 saturated heterocycles. The molecule has 0 spiro atoms. The summed E-state index contributed by atoms with van der Waals surface area (Å²) in [6.07, 6.45) is 1.55. The number of aromatic nitrogens is 3. The van der Waals surface area contributed by atoms with E-state index in [4.69, 9.17) is 9.15 Å². The highest BCUT2D eigenvalue weighted by molar-refractivity contribution is 6.01. The van der Waals surface area contributed by atoms with Crippen LogP contribution in [0.3, 0.4) is 0 Å². The first-order valence-electron chi connectivity index (χ1n) is 10.1. The average molecular weight is 447 g/mol. The first-order valence-corrected chi connectivity index (χ1v) is 10.1. The van der Waals surface area contributed by atoms with Crippen molar-refractivity contribution in [3.63, 3.8) is 0 Å². The lowest BCUT2D eigenvalue weighted by atomic mass is 10.1. The Balaban J connectivity index is 1.34. The lowest BCUT2D eigenvalue weighted by molar-refractivity contribution is -0.385. The normalized spacial score (nSPS) is 10.7. The van der Waals surface area contributed by atoms with Crippen molar-refractivity contribution in [3.8, 4) is 5.75 Å². The molecule has 0 radical (unpaired) electrons. The van der Waals surface area contributed by atoms with E-state index in [0.717, 1.165) is 11.1 Å². The zero-order valence-corrected chi connectivity index (χ0v) is 18.0. The summed E-state index contributed by atoms with van der Waals surface area (Å²) in [6, 6.07) is 15.6. The van der Waals surface area contributed by atoms with Gasteiger partial charge in [0, 0.05) is 11.6 Å². The third-order valence-electron chi connectivity index (χ3n) is 4.99. The van der Waals surface area contributed by atoms with Crippen LogP contribution in [0.4, 0.5) is 11.6 Å². The number of hydrogen-bond acceptors (Lipinski definition) is 7. The second kappa shape index (κ2) is 9.35. The highest BCUT2D eigenvalue weighted by Crippen LogP contribution is 2.24. The summed E-state index contributed by atoms with van der Waals surface area (Å²) in [7, 11) is 0. The lowest BCUT2D eigenvalue weighted by Gasteiger charge is -2.05. The fraction of sp³-hybridized carbons (Fsp3) is 0.174. The number of nitrogens with one attached hydrogen (secondary N) is 1. The number of rotatable bonds is 8. The van der Waals surface area contributed by atoms with Crippen molar-refractivity contribution in [1.29, 1.82) is 0 Å². The van der Waals surface area contributed by atoms with Crippen LogP contribution in [0.1, 0.15) is 33.0 Å². The highest BCUT2D eigenvalue weighted by atomic mass is 16.6. The molecule has 0 aliphatic rings. The Labute approximate surface area is 189 Å². The van der Waals surface area contributed by atoms with Crippen LogP contribution in [0, 0.1) is 24.0 Å². The van der Waals surface area contributed by atoms with Gasteiger partial charge < -0.3 is 9.15 Å².